The van der Waals surface area contributed by atoms with Gasteiger partial charge in [0.15, 0.2) is 11.6 Å². The Morgan fingerprint density at radius 2 is 1.89 bits per heavy atom. The van der Waals surface area contributed by atoms with Gasteiger partial charge in [0, 0.05) is 31.3 Å². The number of fused-ring (bicyclic) bond motifs is 1. The lowest BCUT2D eigenvalue weighted by Crippen LogP contribution is -2.52. The maximum Gasteiger partial charge on any atom is 0.419 e. The smallest absolute Gasteiger partial charge is 0.407 e. The van der Waals surface area contributed by atoms with Gasteiger partial charge < -0.3 is 14.7 Å². The number of rotatable bonds is 4. The Balaban J connectivity index is 1.74. The monoisotopic (exact) mass is 484 g/mol. The molecular weight excluding hydrogens is 458 g/mol. The number of benzene rings is 2. The number of ether oxygens (including phenoxy) is 1. The number of carbonyl (C=O) groups excluding carboxylic acids is 2. The molecule has 0 bridgehead atoms. The number of aromatic nitrogens is 2. The molecule has 1 aliphatic heterocycles. The van der Waals surface area contributed by atoms with Gasteiger partial charge in [-0.2, -0.15) is 5.10 Å². The van der Waals surface area contributed by atoms with Crippen molar-refractivity contribution in [3.05, 3.63) is 60.4 Å². The number of amides is 2. The Labute approximate surface area is 201 Å². The molecule has 0 aliphatic carbocycles. The number of hydrogen-bond donors (Lipinski definition) is 1. The van der Waals surface area contributed by atoms with Crippen molar-refractivity contribution in [3.8, 4) is 16.9 Å². The molecular formula is C25H26F2N4O4. The summed E-state index contributed by atoms with van der Waals surface area (Å²) in [5.41, 5.74) is 1.74. The molecule has 1 aliphatic rings. The Hall–Kier alpha value is -3.79. The molecule has 8 nitrogen and oxygen atoms in total. The molecule has 0 spiro atoms. The Morgan fingerprint density at radius 1 is 1.14 bits per heavy atom. The van der Waals surface area contributed by atoms with Crippen LogP contribution in [0.2, 0.25) is 0 Å². The molecule has 0 unspecified atom stereocenters. The number of nitrogens with zero attached hydrogens (tertiary/aromatic N) is 4. The van der Waals surface area contributed by atoms with Gasteiger partial charge in [0.05, 0.1) is 35.8 Å². The van der Waals surface area contributed by atoms with Gasteiger partial charge in [-0.05, 0) is 50.6 Å². The predicted octanol–water partition coefficient (Wildman–Crippen LogP) is 4.32. The molecule has 0 saturated heterocycles. The highest BCUT2D eigenvalue weighted by molar-refractivity contribution is 6.03. The van der Waals surface area contributed by atoms with Gasteiger partial charge in [-0.3, -0.25) is 14.4 Å². The number of anilines is 2. The summed E-state index contributed by atoms with van der Waals surface area (Å²) in [4.78, 5) is 28.4. The van der Waals surface area contributed by atoms with Gasteiger partial charge in [-0.1, -0.05) is 6.07 Å². The number of aliphatic hydroxyl groups is 1. The highest BCUT2D eigenvalue weighted by Crippen LogP contribution is 2.39. The first-order chi connectivity index (χ1) is 16.5. The number of carbonyl (C=O) groups is 2. The van der Waals surface area contributed by atoms with E-state index in [0.29, 0.717) is 23.0 Å². The second-order valence-electron chi connectivity index (χ2n) is 9.14. The zero-order chi connectivity index (χ0) is 25.5. The molecule has 2 heterocycles. The van der Waals surface area contributed by atoms with E-state index in [9.17, 15) is 23.5 Å². The lowest BCUT2D eigenvalue weighted by molar-refractivity contribution is -0.117. The summed E-state index contributed by atoms with van der Waals surface area (Å²) in [7, 11) is 0. The Kier molecular flexibility index (Phi) is 6.33. The van der Waals surface area contributed by atoms with Crippen LogP contribution in [0.4, 0.5) is 25.0 Å². The molecule has 0 radical (unpaired) electrons. The van der Waals surface area contributed by atoms with Gasteiger partial charge in [-0.25, -0.2) is 13.6 Å². The average Bonchev–Trinajstić information content (AvgIpc) is 3.31. The zero-order valence-corrected chi connectivity index (χ0v) is 19.8. The molecule has 0 fully saturated rings. The van der Waals surface area contributed by atoms with E-state index < -0.39 is 29.0 Å². The van der Waals surface area contributed by atoms with E-state index in [1.54, 1.807) is 41.0 Å². The van der Waals surface area contributed by atoms with Crippen LogP contribution < -0.4 is 14.5 Å². The summed E-state index contributed by atoms with van der Waals surface area (Å²) in [6.07, 6.45) is 2.56. The van der Waals surface area contributed by atoms with Crippen molar-refractivity contribution in [2.24, 2.45) is 0 Å². The van der Waals surface area contributed by atoms with Crippen LogP contribution in [0, 0.1) is 11.6 Å². The molecule has 4 rings (SSSR count). The normalized spacial score (nSPS) is 15.7. The molecule has 0 saturated carbocycles. The van der Waals surface area contributed by atoms with E-state index >= 15 is 0 Å². The zero-order valence-electron chi connectivity index (χ0n) is 19.8. The van der Waals surface area contributed by atoms with Crippen molar-refractivity contribution in [2.75, 3.05) is 23.0 Å². The molecule has 184 valence electrons. The first-order valence-electron chi connectivity index (χ1n) is 11.1. The summed E-state index contributed by atoms with van der Waals surface area (Å²) >= 11 is 0. The van der Waals surface area contributed by atoms with E-state index in [-0.39, 0.29) is 25.1 Å². The third kappa shape index (κ3) is 4.61. The van der Waals surface area contributed by atoms with Crippen LogP contribution in [-0.2, 0) is 10.3 Å². The minimum atomic E-state index is -0.998. The van der Waals surface area contributed by atoms with E-state index in [1.165, 1.54) is 11.8 Å². The first kappa shape index (κ1) is 24.3. The van der Waals surface area contributed by atoms with Crippen LogP contribution in [0.1, 0.15) is 27.7 Å². The van der Waals surface area contributed by atoms with Gasteiger partial charge in [0.25, 0.3) is 0 Å². The second kappa shape index (κ2) is 9.10. The quantitative estimate of drug-likeness (QED) is 0.596. The van der Waals surface area contributed by atoms with Crippen LogP contribution in [0.25, 0.3) is 11.1 Å². The van der Waals surface area contributed by atoms with Crippen molar-refractivity contribution < 1.29 is 28.2 Å². The average molecular weight is 485 g/mol. The van der Waals surface area contributed by atoms with Crippen molar-refractivity contribution in [2.45, 2.75) is 39.3 Å². The van der Waals surface area contributed by atoms with Crippen LogP contribution in [-0.4, -0.2) is 46.1 Å². The minimum Gasteiger partial charge on any atom is -0.407 e. The predicted molar refractivity (Wildman–Crippen MR) is 126 cm³/mol. The van der Waals surface area contributed by atoms with Gasteiger partial charge in [0.2, 0.25) is 5.91 Å². The fourth-order valence-corrected chi connectivity index (χ4v) is 4.04. The summed E-state index contributed by atoms with van der Waals surface area (Å²) < 4.78 is 34.3. The van der Waals surface area contributed by atoms with Crippen LogP contribution in [0.3, 0.4) is 0 Å². The summed E-state index contributed by atoms with van der Waals surface area (Å²) in [6.45, 7) is 6.91. The van der Waals surface area contributed by atoms with Crippen molar-refractivity contribution in [3.63, 3.8) is 0 Å². The highest BCUT2D eigenvalue weighted by atomic mass is 19.1. The number of aliphatic hydroxyl groups excluding tert-OH is 1. The van der Waals surface area contributed by atoms with Crippen molar-refractivity contribution >= 4 is 23.4 Å². The summed E-state index contributed by atoms with van der Waals surface area (Å²) in [6, 6.07) is 7.58. The Morgan fingerprint density at radius 3 is 2.54 bits per heavy atom. The maximum atomic E-state index is 14.1. The largest absolute Gasteiger partial charge is 0.419 e. The molecule has 2 aromatic carbocycles. The lowest BCUT2D eigenvalue weighted by Gasteiger charge is -2.40. The van der Waals surface area contributed by atoms with Crippen LogP contribution in [0.5, 0.6) is 5.75 Å². The number of hydrogen-bond acceptors (Lipinski definition) is 5. The van der Waals surface area contributed by atoms with Gasteiger partial charge >= 0.3 is 6.09 Å². The van der Waals surface area contributed by atoms with Gasteiger partial charge in [-0.15, -0.1) is 0 Å². The first-order valence-corrected chi connectivity index (χ1v) is 11.1. The Bertz CT molecular complexity index is 1290. The molecule has 3 aromatic rings. The SMILES string of the molecule is CC(=O)N1c2ccc(-c3cnn(C(C)(C)CO)c3)cc2N(C(=O)Oc2ccc(F)cc2F)C[C@@H]1C. The van der Waals surface area contributed by atoms with Gasteiger partial charge in [0.1, 0.15) is 5.82 Å². The second-order valence-corrected chi connectivity index (χ2v) is 9.14. The fourth-order valence-electron chi connectivity index (χ4n) is 4.04. The van der Waals surface area contributed by atoms with Crippen molar-refractivity contribution in [1.29, 1.82) is 0 Å². The van der Waals surface area contributed by atoms with E-state index in [4.69, 9.17) is 4.74 Å². The molecule has 1 aromatic heterocycles. The standard InChI is InChI=1S/C25H26F2N4O4/c1-15-12-29(24(34)35-23-8-6-19(26)10-20(23)27)22-9-17(5-7-21(22)31(15)16(2)33)18-11-28-30(13-18)25(3,4)14-32/h5-11,13,15,32H,12,14H2,1-4H3/t15-/m0/s1. The van der Waals surface area contributed by atoms with E-state index in [1.807, 2.05) is 19.9 Å². The third-order valence-electron chi connectivity index (χ3n) is 5.99. The van der Waals surface area contributed by atoms with Crippen LogP contribution >= 0.6 is 0 Å². The molecule has 2 amide bonds. The molecule has 1 N–H and O–H groups in total. The summed E-state index contributed by atoms with van der Waals surface area (Å²) in [5.74, 6) is -2.38. The number of halogens is 2. The lowest BCUT2D eigenvalue weighted by atomic mass is 10.0. The summed E-state index contributed by atoms with van der Waals surface area (Å²) in [5, 5.41) is 14.0. The topological polar surface area (TPSA) is 87.9 Å². The molecule has 35 heavy (non-hydrogen) atoms. The minimum absolute atomic E-state index is 0.106. The van der Waals surface area contributed by atoms with Crippen molar-refractivity contribution in [1.82, 2.24) is 9.78 Å². The van der Waals surface area contributed by atoms with E-state index in [0.717, 1.165) is 17.7 Å². The third-order valence-corrected chi connectivity index (χ3v) is 5.99. The molecule has 1 atom stereocenters. The maximum absolute atomic E-state index is 14.1. The van der Waals surface area contributed by atoms with E-state index in [2.05, 4.69) is 5.10 Å². The molecule has 10 heteroatoms. The highest BCUT2D eigenvalue weighted by Gasteiger charge is 2.35. The fraction of sp³-hybridized carbons (Fsp3) is 0.320. The van der Waals surface area contributed by atoms with Crippen LogP contribution in [0.15, 0.2) is 48.8 Å².